The topological polar surface area (TPSA) is 25.8 Å². The van der Waals surface area contributed by atoms with E-state index in [1.54, 1.807) is 0 Å². The Balaban J connectivity index is 1.86. The molecule has 6 aromatic rings. The second-order valence-electron chi connectivity index (χ2n) is 7.63. The van der Waals surface area contributed by atoms with E-state index in [9.17, 15) is 0 Å². The van der Waals surface area contributed by atoms with Gasteiger partial charge in [0.05, 0.1) is 0 Å². The summed E-state index contributed by atoms with van der Waals surface area (Å²) in [4.78, 5) is 8.43. The fourth-order valence-corrected chi connectivity index (χ4v) is 4.61. The second-order valence-corrected chi connectivity index (χ2v) is 7.63. The Morgan fingerprint density at radius 2 is 1.00 bits per heavy atom. The van der Waals surface area contributed by atoms with Gasteiger partial charge in [-0.15, -0.1) is 0 Å². The molecule has 2 heteroatoms. The highest BCUT2D eigenvalue weighted by Crippen LogP contribution is 2.43. The molecule has 6 rings (SSSR count). The number of aromatic nitrogens is 2. The largest absolute Gasteiger partial charge is 0.265 e. The van der Waals surface area contributed by atoms with E-state index in [4.69, 9.17) is 0 Å². The zero-order valence-corrected chi connectivity index (χ0v) is 16.1. The molecule has 4 aromatic carbocycles. The summed E-state index contributed by atoms with van der Waals surface area (Å²) in [6, 6.07) is 24.3. The zero-order chi connectivity index (χ0) is 19.4. The van der Waals surface area contributed by atoms with Crippen molar-refractivity contribution in [1.29, 1.82) is 0 Å². The number of rotatable bonds is 2. The van der Waals surface area contributed by atoms with Gasteiger partial charge < -0.3 is 0 Å². The van der Waals surface area contributed by atoms with Gasteiger partial charge in [0, 0.05) is 24.8 Å². The minimum Gasteiger partial charge on any atom is -0.265 e. The van der Waals surface area contributed by atoms with Crippen LogP contribution < -0.4 is 0 Å². The van der Waals surface area contributed by atoms with E-state index >= 15 is 0 Å². The number of hydrogen-bond donors (Lipinski definition) is 0. The van der Waals surface area contributed by atoms with Gasteiger partial charge in [-0.3, -0.25) is 9.97 Å². The number of pyridine rings is 2. The molecule has 2 heterocycles. The highest BCUT2D eigenvalue weighted by molar-refractivity contribution is 6.28. The maximum Gasteiger partial charge on any atom is 0.0273 e. The highest BCUT2D eigenvalue weighted by atomic mass is 14.6. The van der Waals surface area contributed by atoms with Crippen molar-refractivity contribution in [2.45, 2.75) is 6.92 Å². The van der Waals surface area contributed by atoms with Crippen molar-refractivity contribution in [3.8, 4) is 22.3 Å². The standard InChI is InChI=1S/C27H18N2/c1-17-14-20-2-4-22-24(18-6-10-28-11-7-18)16-25(19-8-12-29-13-9-19)23-5-3-21(15-17)26(20)27(22)23/h2-16H,1H3. The summed E-state index contributed by atoms with van der Waals surface area (Å²) in [7, 11) is 0. The van der Waals surface area contributed by atoms with Crippen LogP contribution in [0.1, 0.15) is 5.56 Å². The van der Waals surface area contributed by atoms with Gasteiger partial charge in [-0.05, 0) is 97.4 Å². The molecule has 0 saturated heterocycles. The van der Waals surface area contributed by atoms with Gasteiger partial charge in [0.25, 0.3) is 0 Å². The van der Waals surface area contributed by atoms with Crippen LogP contribution in [0.5, 0.6) is 0 Å². The fraction of sp³-hybridized carbons (Fsp3) is 0.0370. The molecule has 2 nitrogen and oxygen atoms in total. The molecule has 0 fully saturated rings. The lowest BCUT2D eigenvalue weighted by molar-refractivity contribution is 1.33. The second kappa shape index (κ2) is 6.11. The van der Waals surface area contributed by atoms with Crippen molar-refractivity contribution in [3.63, 3.8) is 0 Å². The summed E-state index contributed by atoms with van der Waals surface area (Å²) in [5.74, 6) is 0. The summed E-state index contributed by atoms with van der Waals surface area (Å²) in [5.41, 5.74) is 6.14. The zero-order valence-electron chi connectivity index (χ0n) is 16.1. The fourth-order valence-electron chi connectivity index (χ4n) is 4.61. The third-order valence-electron chi connectivity index (χ3n) is 5.84. The Labute approximate surface area is 168 Å². The molecule has 2 aromatic heterocycles. The van der Waals surface area contributed by atoms with Crippen LogP contribution in [0, 0.1) is 6.92 Å². The number of aryl methyl sites for hydroxylation is 1. The van der Waals surface area contributed by atoms with E-state index in [1.165, 1.54) is 60.1 Å². The molecule has 29 heavy (non-hydrogen) atoms. The van der Waals surface area contributed by atoms with Crippen molar-refractivity contribution < 1.29 is 0 Å². The number of benzene rings is 4. The predicted octanol–water partition coefficient (Wildman–Crippen LogP) is 7.02. The third kappa shape index (κ3) is 2.43. The minimum atomic E-state index is 1.18. The maximum atomic E-state index is 4.21. The van der Waals surface area contributed by atoms with Gasteiger partial charge >= 0.3 is 0 Å². The van der Waals surface area contributed by atoms with Crippen molar-refractivity contribution in [2.75, 3.05) is 0 Å². The predicted molar refractivity (Wildman–Crippen MR) is 121 cm³/mol. The summed E-state index contributed by atoms with van der Waals surface area (Å²) >= 11 is 0. The van der Waals surface area contributed by atoms with E-state index in [0.29, 0.717) is 0 Å². The van der Waals surface area contributed by atoms with Crippen LogP contribution in [0.15, 0.2) is 91.5 Å². The van der Waals surface area contributed by atoms with Gasteiger partial charge in [0.2, 0.25) is 0 Å². The van der Waals surface area contributed by atoms with E-state index in [2.05, 4.69) is 83.6 Å². The summed E-state index contributed by atoms with van der Waals surface area (Å²) in [6.07, 6.45) is 7.46. The van der Waals surface area contributed by atoms with Gasteiger partial charge in [0.1, 0.15) is 0 Å². The molecule has 0 amide bonds. The van der Waals surface area contributed by atoms with Crippen LogP contribution in [-0.2, 0) is 0 Å². The molecule has 0 bridgehead atoms. The average Bonchev–Trinajstić information content (AvgIpc) is 2.78. The molecule has 0 saturated carbocycles. The van der Waals surface area contributed by atoms with Gasteiger partial charge in [0.15, 0.2) is 0 Å². The molecular formula is C27H18N2. The average molecular weight is 370 g/mol. The number of hydrogen-bond acceptors (Lipinski definition) is 2. The van der Waals surface area contributed by atoms with Crippen molar-refractivity contribution in [2.24, 2.45) is 0 Å². The highest BCUT2D eigenvalue weighted by Gasteiger charge is 2.16. The van der Waals surface area contributed by atoms with Gasteiger partial charge in [-0.25, -0.2) is 0 Å². The minimum absolute atomic E-state index is 1.18. The van der Waals surface area contributed by atoms with Crippen LogP contribution in [0.25, 0.3) is 54.6 Å². The monoisotopic (exact) mass is 370 g/mol. The Morgan fingerprint density at radius 1 is 0.517 bits per heavy atom. The molecule has 0 aliphatic heterocycles. The quantitative estimate of drug-likeness (QED) is 0.306. The number of nitrogens with zero attached hydrogens (tertiary/aromatic N) is 2. The first kappa shape index (κ1) is 16.2. The molecule has 0 aliphatic rings. The van der Waals surface area contributed by atoms with Crippen molar-refractivity contribution in [1.82, 2.24) is 9.97 Å². The first-order valence-corrected chi connectivity index (χ1v) is 9.82. The molecule has 0 spiro atoms. The normalized spacial score (nSPS) is 11.6. The Bertz CT molecular complexity index is 1380. The molecule has 0 aliphatic carbocycles. The maximum absolute atomic E-state index is 4.21. The van der Waals surface area contributed by atoms with Crippen LogP contribution in [-0.4, -0.2) is 9.97 Å². The summed E-state index contributed by atoms with van der Waals surface area (Å²) in [6.45, 7) is 2.17. The summed E-state index contributed by atoms with van der Waals surface area (Å²) < 4.78 is 0. The third-order valence-corrected chi connectivity index (χ3v) is 5.84. The smallest absolute Gasteiger partial charge is 0.0273 e. The Hall–Kier alpha value is -3.78. The van der Waals surface area contributed by atoms with E-state index in [1.807, 2.05) is 24.8 Å². The van der Waals surface area contributed by atoms with Crippen LogP contribution in [0.2, 0.25) is 0 Å². The van der Waals surface area contributed by atoms with Gasteiger partial charge in [-0.2, -0.15) is 0 Å². The van der Waals surface area contributed by atoms with E-state index in [0.717, 1.165) is 0 Å². The SMILES string of the molecule is Cc1cc2ccc3c(-c4ccncc4)cc(-c4ccncc4)c4ccc(c1)c2c34. The first-order valence-electron chi connectivity index (χ1n) is 9.82. The van der Waals surface area contributed by atoms with Gasteiger partial charge in [-0.1, -0.05) is 36.4 Å². The summed E-state index contributed by atoms with van der Waals surface area (Å²) in [5, 5.41) is 7.84. The molecule has 0 N–H and O–H groups in total. The van der Waals surface area contributed by atoms with Crippen LogP contribution in [0.3, 0.4) is 0 Å². The van der Waals surface area contributed by atoms with Crippen LogP contribution >= 0.6 is 0 Å². The molecule has 136 valence electrons. The molecule has 0 atom stereocenters. The lowest BCUT2D eigenvalue weighted by Gasteiger charge is -2.18. The Kier molecular flexibility index (Phi) is 3.41. The van der Waals surface area contributed by atoms with Crippen molar-refractivity contribution >= 4 is 32.3 Å². The van der Waals surface area contributed by atoms with Crippen molar-refractivity contribution in [3.05, 3.63) is 97.1 Å². The Morgan fingerprint density at radius 3 is 1.48 bits per heavy atom. The lowest BCUT2D eigenvalue weighted by Crippen LogP contribution is -1.91. The molecule has 0 unspecified atom stereocenters. The molecular weight excluding hydrogens is 352 g/mol. The first-order chi connectivity index (χ1) is 14.3. The molecule has 0 radical (unpaired) electrons. The van der Waals surface area contributed by atoms with E-state index < -0.39 is 0 Å². The lowest BCUT2D eigenvalue weighted by atomic mass is 9.85. The van der Waals surface area contributed by atoms with Crippen LogP contribution in [0.4, 0.5) is 0 Å². The van der Waals surface area contributed by atoms with E-state index in [-0.39, 0.29) is 0 Å².